The molecule has 0 aliphatic heterocycles. The first-order valence-corrected chi connectivity index (χ1v) is 5.76. The molecule has 0 spiro atoms. The molecule has 0 radical (unpaired) electrons. The van der Waals surface area contributed by atoms with Gasteiger partial charge in [0.25, 0.3) is 0 Å². The summed E-state index contributed by atoms with van der Waals surface area (Å²) in [7, 11) is 0. The quantitative estimate of drug-likeness (QED) is 0.781. The van der Waals surface area contributed by atoms with E-state index in [4.69, 9.17) is 0 Å². The van der Waals surface area contributed by atoms with Crippen LogP contribution in [0.2, 0.25) is 0 Å². The largest absolute Gasteiger partial charge is 0.480 e. The Morgan fingerprint density at radius 1 is 1.50 bits per heavy atom. The van der Waals surface area contributed by atoms with E-state index >= 15 is 0 Å². The summed E-state index contributed by atoms with van der Waals surface area (Å²) in [4.78, 5) is 15.3. The van der Waals surface area contributed by atoms with Gasteiger partial charge in [0.05, 0.1) is 18.2 Å². The van der Waals surface area contributed by atoms with E-state index in [0.29, 0.717) is 12.1 Å². The van der Waals surface area contributed by atoms with Gasteiger partial charge in [-0.2, -0.15) is 0 Å². The third-order valence-electron chi connectivity index (χ3n) is 3.16. The number of imidazole rings is 1. The minimum Gasteiger partial charge on any atom is -0.480 e. The summed E-state index contributed by atoms with van der Waals surface area (Å²) < 4.78 is 2.01. The highest BCUT2D eigenvalue weighted by atomic mass is 16.4. The maximum absolute atomic E-state index is 11.3. The Balaban J connectivity index is 1.84. The van der Waals surface area contributed by atoms with Gasteiger partial charge in [-0.3, -0.25) is 10.1 Å². The highest BCUT2D eigenvalue weighted by molar-refractivity contribution is 5.75. The first-order valence-electron chi connectivity index (χ1n) is 5.76. The molecule has 0 amide bonds. The topological polar surface area (TPSA) is 67.2 Å². The summed E-state index contributed by atoms with van der Waals surface area (Å²) >= 11 is 0. The minimum atomic E-state index is -0.811. The SMILES string of the molecule is O=C(O)C(NC1CC1)c1cncn1C1CC1. The van der Waals surface area contributed by atoms with Crippen molar-refractivity contribution in [3.8, 4) is 0 Å². The third kappa shape index (κ3) is 1.82. The van der Waals surface area contributed by atoms with Crippen LogP contribution in [0.4, 0.5) is 0 Å². The van der Waals surface area contributed by atoms with Gasteiger partial charge in [0, 0.05) is 12.1 Å². The van der Waals surface area contributed by atoms with Gasteiger partial charge in [0.2, 0.25) is 0 Å². The second-order valence-corrected chi connectivity index (χ2v) is 4.67. The Morgan fingerprint density at radius 2 is 2.25 bits per heavy atom. The lowest BCUT2D eigenvalue weighted by Gasteiger charge is -2.15. The molecule has 2 aliphatic rings. The summed E-state index contributed by atoms with van der Waals surface area (Å²) in [5.74, 6) is -0.811. The summed E-state index contributed by atoms with van der Waals surface area (Å²) in [6.45, 7) is 0. The molecule has 2 fully saturated rings. The normalized spacial score (nSPS) is 22.0. The van der Waals surface area contributed by atoms with Gasteiger partial charge < -0.3 is 9.67 Å². The number of hydrogen-bond donors (Lipinski definition) is 2. The Morgan fingerprint density at radius 3 is 2.81 bits per heavy atom. The monoisotopic (exact) mass is 221 g/mol. The van der Waals surface area contributed by atoms with Crippen LogP contribution in [0.3, 0.4) is 0 Å². The molecule has 1 atom stereocenters. The zero-order valence-electron chi connectivity index (χ0n) is 8.97. The van der Waals surface area contributed by atoms with Gasteiger partial charge in [0.15, 0.2) is 0 Å². The first-order chi connectivity index (χ1) is 7.75. The number of nitrogens with zero attached hydrogens (tertiary/aromatic N) is 2. The fourth-order valence-corrected chi connectivity index (χ4v) is 1.97. The van der Waals surface area contributed by atoms with Gasteiger partial charge in [0.1, 0.15) is 6.04 Å². The van der Waals surface area contributed by atoms with Crippen molar-refractivity contribution in [1.29, 1.82) is 0 Å². The van der Waals surface area contributed by atoms with Crippen molar-refractivity contribution >= 4 is 5.97 Å². The van der Waals surface area contributed by atoms with E-state index in [0.717, 1.165) is 31.4 Å². The minimum absolute atomic E-state index is 0.378. The molecule has 1 aromatic heterocycles. The number of aromatic nitrogens is 2. The zero-order chi connectivity index (χ0) is 11.1. The summed E-state index contributed by atoms with van der Waals surface area (Å²) in [6, 6.07) is 0.250. The average molecular weight is 221 g/mol. The molecule has 16 heavy (non-hydrogen) atoms. The lowest BCUT2D eigenvalue weighted by atomic mass is 10.2. The second-order valence-electron chi connectivity index (χ2n) is 4.67. The first kappa shape index (κ1) is 9.84. The molecule has 1 aromatic rings. The lowest BCUT2D eigenvalue weighted by molar-refractivity contribution is -0.139. The van der Waals surface area contributed by atoms with Gasteiger partial charge >= 0.3 is 5.97 Å². The van der Waals surface area contributed by atoms with E-state index in [-0.39, 0.29) is 0 Å². The molecule has 3 rings (SSSR count). The molecule has 1 unspecified atom stereocenters. The van der Waals surface area contributed by atoms with Crippen molar-refractivity contribution in [2.75, 3.05) is 0 Å². The molecule has 1 heterocycles. The predicted molar refractivity (Wildman–Crippen MR) is 57.0 cm³/mol. The number of carbonyl (C=O) groups is 1. The Kier molecular flexibility index (Phi) is 2.21. The van der Waals surface area contributed by atoms with Crippen molar-refractivity contribution in [3.63, 3.8) is 0 Å². The standard InChI is InChI=1S/C11H15N3O2/c15-11(16)10(13-7-1-2-7)9-5-12-6-14(9)8-3-4-8/h5-8,10,13H,1-4H2,(H,15,16). The summed E-state index contributed by atoms with van der Waals surface area (Å²) in [5.41, 5.74) is 0.793. The van der Waals surface area contributed by atoms with Gasteiger partial charge in [-0.25, -0.2) is 4.98 Å². The zero-order valence-corrected chi connectivity index (χ0v) is 8.97. The molecule has 0 saturated heterocycles. The molecule has 0 aromatic carbocycles. The smallest absolute Gasteiger partial charge is 0.326 e. The fourth-order valence-electron chi connectivity index (χ4n) is 1.97. The number of nitrogens with one attached hydrogen (secondary N) is 1. The van der Waals surface area contributed by atoms with Crippen LogP contribution in [0, 0.1) is 0 Å². The van der Waals surface area contributed by atoms with Crippen LogP contribution < -0.4 is 5.32 Å². The third-order valence-corrected chi connectivity index (χ3v) is 3.16. The molecule has 2 aliphatic carbocycles. The van der Waals surface area contributed by atoms with Crippen molar-refractivity contribution in [2.45, 2.75) is 43.8 Å². The van der Waals surface area contributed by atoms with Crippen molar-refractivity contribution in [3.05, 3.63) is 18.2 Å². The van der Waals surface area contributed by atoms with Crippen LogP contribution in [0.15, 0.2) is 12.5 Å². The van der Waals surface area contributed by atoms with Crippen molar-refractivity contribution in [1.82, 2.24) is 14.9 Å². The van der Waals surface area contributed by atoms with E-state index in [1.165, 1.54) is 0 Å². The van der Waals surface area contributed by atoms with Crippen molar-refractivity contribution < 1.29 is 9.90 Å². The average Bonchev–Trinajstić information content (AvgIpc) is 3.16. The fraction of sp³-hybridized carbons (Fsp3) is 0.636. The summed E-state index contributed by atoms with van der Waals surface area (Å²) in [6.07, 6.45) is 7.87. The molecule has 2 saturated carbocycles. The van der Waals surface area contributed by atoms with Crippen LogP contribution in [-0.2, 0) is 4.79 Å². The molecule has 5 nitrogen and oxygen atoms in total. The molecular formula is C11H15N3O2. The highest BCUT2D eigenvalue weighted by Crippen LogP contribution is 2.37. The Hall–Kier alpha value is -1.36. The Bertz CT molecular complexity index is 407. The van der Waals surface area contributed by atoms with Crippen LogP contribution in [0.5, 0.6) is 0 Å². The van der Waals surface area contributed by atoms with Crippen LogP contribution in [-0.4, -0.2) is 26.7 Å². The number of carboxylic acids is 1. The summed E-state index contributed by atoms with van der Waals surface area (Å²) in [5, 5.41) is 12.4. The van der Waals surface area contributed by atoms with Gasteiger partial charge in [-0.15, -0.1) is 0 Å². The Labute approximate surface area is 93.5 Å². The molecule has 5 heteroatoms. The molecular weight excluding hydrogens is 206 g/mol. The van der Waals surface area contributed by atoms with Crippen LogP contribution in [0.1, 0.15) is 43.5 Å². The number of aliphatic carboxylic acids is 1. The predicted octanol–water partition coefficient (Wildman–Crippen LogP) is 1.10. The van der Waals surface area contributed by atoms with E-state index < -0.39 is 12.0 Å². The van der Waals surface area contributed by atoms with Gasteiger partial charge in [-0.1, -0.05) is 0 Å². The molecule has 86 valence electrons. The van der Waals surface area contributed by atoms with Crippen molar-refractivity contribution in [2.24, 2.45) is 0 Å². The van der Waals surface area contributed by atoms with Gasteiger partial charge in [-0.05, 0) is 25.7 Å². The number of rotatable bonds is 5. The lowest BCUT2D eigenvalue weighted by Crippen LogP contribution is -2.31. The number of hydrogen-bond acceptors (Lipinski definition) is 3. The molecule has 0 bridgehead atoms. The van der Waals surface area contributed by atoms with E-state index in [1.54, 1.807) is 12.5 Å². The second kappa shape index (κ2) is 3.59. The van der Waals surface area contributed by atoms with Crippen LogP contribution in [0.25, 0.3) is 0 Å². The maximum Gasteiger partial charge on any atom is 0.326 e. The highest BCUT2D eigenvalue weighted by Gasteiger charge is 2.34. The number of carboxylic acid groups (broad SMARTS) is 1. The van der Waals surface area contributed by atoms with E-state index in [1.807, 2.05) is 4.57 Å². The van der Waals surface area contributed by atoms with E-state index in [9.17, 15) is 9.90 Å². The maximum atomic E-state index is 11.3. The van der Waals surface area contributed by atoms with Crippen LogP contribution >= 0.6 is 0 Å². The molecule has 2 N–H and O–H groups in total. The van der Waals surface area contributed by atoms with E-state index in [2.05, 4.69) is 10.3 Å².